The second-order valence-corrected chi connectivity index (χ2v) is 4.99. The normalized spacial score (nSPS) is 18.2. The number of urea groups is 1. The van der Waals surface area contributed by atoms with Crippen LogP contribution in [0.2, 0.25) is 5.02 Å². The predicted octanol–water partition coefficient (Wildman–Crippen LogP) is 2.08. The van der Waals surface area contributed by atoms with Gasteiger partial charge in [-0.1, -0.05) is 11.6 Å². The number of hydrogen-bond donors (Lipinski definition) is 2. The Morgan fingerprint density at radius 1 is 1.32 bits per heavy atom. The van der Waals surface area contributed by atoms with Crippen LogP contribution in [0.25, 0.3) is 0 Å². The van der Waals surface area contributed by atoms with Crippen molar-refractivity contribution >= 4 is 29.2 Å². The van der Waals surface area contributed by atoms with Crippen molar-refractivity contribution in [2.75, 3.05) is 18.4 Å². The van der Waals surface area contributed by atoms with E-state index in [9.17, 15) is 9.59 Å². The van der Waals surface area contributed by atoms with Gasteiger partial charge in [0.15, 0.2) is 0 Å². The van der Waals surface area contributed by atoms with Crippen molar-refractivity contribution < 1.29 is 9.59 Å². The lowest BCUT2D eigenvalue weighted by Gasteiger charge is -2.15. The summed E-state index contributed by atoms with van der Waals surface area (Å²) in [5.41, 5.74) is 0.684. The summed E-state index contributed by atoms with van der Waals surface area (Å²) < 4.78 is 0. The summed E-state index contributed by atoms with van der Waals surface area (Å²) >= 11 is 5.77. The number of amides is 3. The Hall–Kier alpha value is -1.75. The minimum absolute atomic E-state index is 0.0104. The number of nitrogens with zero attached hydrogens (tertiary/aromatic N) is 1. The van der Waals surface area contributed by atoms with E-state index >= 15 is 0 Å². The first kappa shape index (κ1) is 13.7. The standard InChI is InChI=1S/C13H16ClN3O2/c1-9(18)17-7-6-12(8-17)16-13(19)15-11-4-2-10(14)3-5-11/h2-5,12H,6-8H2,1H3,(H2,15,16,19). The fraction of sp³-hybridized carbons (Fsp3) is 0.385. The maximum atomic E-state index is 11.8. The van der Waals surface area contributed by atoms with E-state index in [0.29, 0.717) is 23.8 Å². The Morgan fingerprint density at radius 3 is 2.58 bits per heavy atom. The van der Waals surface area contributed by atoms with Gasteiger partial charge in [-0.05, 0) is 30.7 Å². The third-order valence-corrected chi connectivity index (χ3v) is 3.32. The van der Waals surface area contributed by atoms with Gasteiger partial charge in [0.05, 0.1) is 0 Å². The molecule has 0 radical (unpaired) electrons. The number of halogens is 1. The van der Waals surface area contributed by atoms with Crippen LogP contribution in [0.5, 0.6) is 0 Å². The fourth-order valence-corrected chi connectivity index (χ4v) is 2.18. The second-order valence-electron chi connectivity index (χ2n) is 4.56. The highest BCUT2D eigenvalue weighted by Crippen LogP contribution is 2.14. The topological polar surface area (TPSA) is 61.4 Å². The molecule has 6 heteroatoms. The van der Waals surface area contributed by atoms with Gasteiger partial charge < -0.3 is 15.5 Å². The molecule has 102 valence electrons. The maximum absolute atomic E-state index is 11.8. The van der Waals surface area contributed by atoms with Crippen LogP contribution in [0.4, 0.5) is 10.5 Å². The van der Waals surface area contributed by atoms with E-state index in [-0.39, 0.29) is 18.0 Å². The van der Waals surface area contributed by atoms with E-state index in [4.69, 9.17) is 11.6 Å². The molecule has 1 aliphatic rings. The number of anilines is 1. The molecule has 1 fully saturated rings. The Labute approximate surface area is 116 Å². The molecule has 0 aliphatic carbocycles. The van der Waals surface area contributed by atoms with Gasteiger partial charge in [-0.15, -0.1) is 0 Å². The molecule has 0 saturated carbocycles. The lowest BCUT2D eigenvalue weighted by molar-refractivity contribution is -0.127. The molecule has 1 atom stereocenters. The summed E-state index contributed by atoms with van der Waals surface area (Å²) in [4.78, 5) is 24.7. The molecule has 19 heavy (non-hydrogen) atoms. The second kappa shape index (κ2) is 5.93. The first-order chi connectivity index (χ1) is 9.04. The number of hydrogen-bond acceptors (Lipinski definition) is 2. The van der Waals surface area contributed by atoms with Crippen molar-refractivity contribution in [3.05, 3.63) is 29.3 Å². The van der Waals surface area contributed by atoms with Crippen LogP contribution in [0, 0.1) is 0 Å². The summed E-state index contributed by atoms with van der Waals surface area (Å²) in [5.74, 6) is 0.0439. The molecule has 1 heterocycles. The predicted molar refractivity (Wildman–Crippen MR) is 74.3 cm³/mol. The van der Waals surface area contributed by atoms with Crippen molar-refractivity contribution in [1.29, 1.82) is 0 Å². The van der Waals surface area contributed by atoms with Crippen LogP contribution in [0.1, 0.15) is 13.3 Å². The van der Waals surface area contributed by atoms with E-state index in [1.54, 1.807) is 29.2 Å². The molecule has 1 aliphatic heterocycles. The monoisotopic (exact) mass is 281 g/mol. The Kier molecular flexibility index (Phi) is 4.27. The Balaban J connectivity index is 1.82. The molecular formula is C13H16ClN3O2. The molecule has 0 aromatic heterocycles. The van der Waals surface area contributed by atoms with Gasteiger partial charge in [-0.3, -0.25) is 4.79 Å². The number of benzene rings is 1. The van der Waals surface area contributed by atoms with E-state index in [0.717, 1.165) is 6.42 Å². The van der Waals surface area contributed by atoms with Gasteiger partial charge >= 0.3 is 6.03 Å². The highest BCUT2D eigenvalue weighted by Gasteiger charge is 2.25. The van der Waals surface area contributed by atoms with Gasteiger partial charge in [0.25, 0.3) is 0 Å². The average molecular weight is 282 g/mol. The molecule has 1 aromatic rings. The van der Waals surface area contributed by atoms with Crippen LogP contribution in [-0.2, 0) is 4.79 Å². The minimum atomic E-state index is -0.266. The molecule has 3 amide bonds. The largest absolute Gasteiger partial charge is 0.341 e. The van der Waals surface area contributed by atoms with Crippen molar-refractivity contribution in [2.45, 2.75) is 19.4 Å². The Morgan fingerprint density at radius 2 is 2.00 bits per heavy atom. The zero-order chi connectivity index (χ0) is 13.8. The summed E-state index contributed by atoms with van der Waals surface area (Å²) in [6.07, 6.45) is 0.785. The third kappa shape index (κ3) is 3.86. The van der Waals surface area contributed by atoms with Gasteiger partial charge in [-0.2, -0.15) is 0 Å². The lowest BCUT2D eigenvalue weighted by atomic mass is 10.3. The molecule has 1 unspecified atom stereocenters. The average Bonchev–Trinajstić information content (AvgIpc) is 2.80. The molecule has 2 rings (SSSR count). The van der Waals surface area contributed by atoms with Crippen LogP contribution in [0.3, 0.4) is 0 Å². The molecular weight excluding hydrogens is 266 g/mol. The minimum Gasteiger partial charge on any atom is -0.341 e. The summed E-state index contributed by atoms with van der Waals surface area (Å²) in [6.45, 7) is 2.81. The van der Waals surface area contributed by atoms with E-state index < -0.39 is 0 Å². The summed E-state index contributed by atoms with van der Waals surface area (Å²) in [7, 11) is 0. The van der Waals surface area contributed by atoms with Gasteiger partial charge in [-0.25, -0.2) is 4.79 Å². The zero-order valence-corrected chi connectivity index (χ0v) is 11.4. The van der Waals surface area contributed by atoms with E-state index in [1.165, 1.54) is 6.92 Å². The van der Waals surface area contributed by atoms with E-state index in [1.807, 2.05) is 0 Å². The van der Waals surface area contributed by atoms with Crippen molar-refractivity contribution in [3.8, 4) is 0 Å². The number of carbonyl (C=O) groups is 2. The van der Waals surface area contributed by atoms with Crippen molar-refractivity contribution in [1.82, 2.24) is 10.2 Å². The zero-order valence-electron chi connectivity index (χ0n) is 10.6. The van der Waals surface area contributed by atoms with Gasteiger partial charge in [0, 0.05) is 36.8 Å². The van der Waals surface area contributed by atoms with Gasteiger partial charge in [0.2, 0.25) is 5.91 Å². The number of rotatable bonds is 2. The fourth-order valence-electron chi connectivity index (χ4n) is 2.05. The molecule has 0 spiro atoms. The highest BCUT2D eigenvalue weighted by atomic mass is 35.5. The SMILES string of the molecule is CC(=O)N1CCC(NC(=O)Nc2ccc(Cl)cc2)C1. The third-order valence-electron chi connectivity index (χ3n) is 3.07. The first-order valence-corrected chi connectivity index (χ1v) is 6.51. The lowest BCUT2D eigenvalue weighted by Crippen LogP contribution is -2.40. The molecule has 1 aromatic carbocycles. The van der Waals surface area contributed by atoms with E-state index in [2.05, 4.69) is 10.6 Å². The smallest absolute Gasteiger partial charge is 0.319 e. The number of nitrogens with one attached hydrogen (secondary N) is 2. The number of carbonyl (C=O) groups excluding carboxylic acids is 2. The highest BCUT2D eigenvalue weighted by molar-refractivity contribution is 6.30. The first-order valence-electron chi connectivity index (χ1n) is 6.13. The summed E-state index contributed by atoms with van der Waals surface area (Å²) in [6, 6.07) is 6.64. The number of likely N-dealkylation sites (tertiary alicyclic amines) is 1. The van der Waals surface area contributed by atoms with Gasteiger partial charge in [0.1, 0.15) is 0 Å². The summed E-state index contributed by atoms with van der Waals surface area (Å²) in [5, 5.41) is 6.20. The molecule has 0 bridgehead atoms. The van der Waals surface area contributed by atoms with Crippen molar-refractivity contribution in [3.63, 3.8) is 0 Å². The maximum Gasteiger partial charge on any atom is 0.319 e. The Bertz CT molecular complexity index is 475. The van der Waals surface area contributed by atoms with Crippen LogP contribution < -0.4 is 10.6 Å². The van der Waals surface area contributed by atoms with Crippen LogP contribution in [-0.4, -0.2) is 36.0 Å². The van der Waals surface area contributed by atoms with Crippen LogP contribution in [0.15, 0.2) is 24.3 Å². The quantitative estimate of drug-likeness (QED) is 0.872. The molecule has 2 N–H and O–H groups in total. The molecule has 1 saturated heterocycles. The van der Waals surface area contributed by atoms with Crippen molar-refractivity contribution in [2.24, 2.45) is 0 Å². The van der Waals surface area contributed by atoms with Crippen LogP contribution >= 0.6 is 11.6 Å². The molecule has 5 nitrogen and oxygen atoms in total.